The van der Waals surface area contributed by atoms with Crippen LogP contribution in [0.3, 0.4) is 0 Å². The Morgan fingerprint density at radius 1 is 1.53 bits per heavy atom. The number of rotatable bonds is 5. The first-order valence-corrected chi connectivity index (χ1v) is 6.86. The standard InChI is InChI=1S/C14H16Cl2N2O/c1-3-5-12(14-17-8-9-18(14)2)19-11-7-4-6-10(15)13(11)16/h3-4,6-7,12H,1,5,8-9H2,2H3. The van der Waals surface area contributed by atoms with Crippen molar-refractivity contribution in [2.45, 2.75) is 12.5 Å². The van der Waals surface area contributed by atoms with Crippen LogP contribution in [0, 0.1) is 0 Å². The minimum Gasteiger partial charge on any atom is -0.481 e. The highest BCUT2D eigenvalue weighted by molar-refractivity contribution is 6.42. The zero-order valence-corrected chi connectivity index (χ0v) is 12.3. The third-order valence-electron chi connectivity index (χ3n) is 2.95. The molecule has 0 spiro atoms. The highest BCUT2D eigenvalue weighted by Crippen LogP contribution is 2.32. The molecule has 0 radical (unpaired) electrons. The van der Waals surface area contributed by atoms with Crippen molar-refractivity contribution in [3.63, 3.8) is 0 Å². The number of nitrogens with zero attached hydrogens (tertiary/aromatic N) is 2. The van der Waals surface area contributed by atoms with Gasteiger partial charge in [-0.25, -0.2) is 0 Å². The van der Waals surface area contributed by atoms with Crippen LogP contribution in [0.5, 0.6) is 5.75 Å². The molecule has 3 nitrogen and oxygen atoms in total. The molecule has 1 aromatic rings. The Labute approximate surface area is 123 Å². The van der Waals surface area contributed by atoms with E-state index in [0.29, 0.717) is 22.2 Å². The fraction of sp³-hybridized carbons (Fsp3) is 0.357. The first kappa shape index (κ1) is 14.2. The van der Waals surface area contributed by atoms with Gasteiger partial charge in [-0.2, -0.15) is 0 Å². The molecule has 0 saturated heterocycles. The third-order valence-corrected chi connectivity index (χ3v) is 3.76. The van der Waals surface area contributed by atoms with Crippen molar-refractivity contribution >= 4 is 29.0 Å². The molecule has 0 aromatic heterocycles. The Kier molecular flexibility index (Phi) is 4.72. The Bertz CT molecular complexity index is 502. The molecule has 102 valence electrons. The second-order valence-electron chi connectivity index (χ2n) is 4.34. The maximum Gasteiger partial charge on any atom is 0.159 e. The highest BCUT2D eigenvalue weighted by atomic mass is 35.5. The van der Waals surface area contributed by atoms with E-state index >= 15 is 0 Å². The van der Waals surface area contributed by atoms with E-state index in [9.17, 15) is 0 Å². The number of benzene rings is 1. The van der Waals surface area contributed by atoms with Gasteiger partial charge in [0.05, 0.1) is 11.6 Å². The molecule has 1 atom stereocenters. The fourth-order valence-electron chi connectivity index (χ4n) is 1.98. The average Bonchev–Trinajstić information content (AvgIpc) is 2.80. The Morgan fingerprint density at radius 2 is 2.32 bits per heavy atom. The van der Waals surface area contributed by atoms with Crippen molar-refractivity contribution in [1.82, 2.24) is 4.90 Å². The van der Waals surface area contributed by atoms with E-state index in [0.717, 1.165) is 18.9 Å². The maximum atomic E-state index is 6.14. The normalized spacial score (nSPS) is 16.2. The van der Waals surface area contributed by atoms with E-state index in [1.54, 1.807) is 12.1 Å². The first-order chi connectivity index (χ1) is 9.13. The van der Waals surface area contributed by atoms with Crippen molar-refractivity contribution in [2.24, 2.45) is 4.99 Å². The summed E-state index contributed by atoms with van der Waals surface area (Å²) in [4.78, 5) is 6.57. The summed E-state index contributed by atoms with van der Waals surface area (Å²) in [5, 5.41) is 0.915. The van der Waals surface area contributed by atoms with E-state index in [4.69, 9.17) is 27.9 Å². The Hall–Kier alpha value is -1.19. The number of aliphatic imine (C=N–C) groups is 1. The second-order valence-corrected chi connectivity index (χ2v) is 5.13. The smallest absolute Gasteiger partial charge is 0.159 e. The van der Waals surface area contributed by atoms with Gasteiger partial charge in [0, 0.05) is 20.0 Å². The van der Waals surface area contributed by atoms with Crippen LogP contribution in [0.25, 0.3) is 0 Å². The molecule has 1 aromatic carbocycles. The Balaban J connectivity index is 2.21. The number of hydrogen-bond donors (Lipinski definition) is 0. The molecule has 19 heavy (non-hydrogen) atoms. The monoisotopic (exact) mass is 298 g/mol. The predicted molar refractivity (Wildman–Crippen MR) is 80.6 cm³/mol. The largest absolute Gasteiger partial charge is 0.481 e. The van der Waals surface area contributed by atoms with Crippen LogP contribution in [0.1, 0.15) is 6.42 Å². The molecule has 0 fully saturated rings. The molecule has 1 unspecified atom stereocenters. The molecule has 0 saturated carbocycles. The van der Waals surface area contributed by atoms with Crippen LogP contribution in [0.4, 0.5) is 0 Å². The SMILES string of the molecule is C=CCC(Oc1cccc(Cl)c1Cl)C1=NCCN1C. The van der Waals surface area contributed by atoms with Crippen molar-refractivity contribution < 1.29 is 4.74 Å². The lowest BCUT2D eigenvalue weighted by molar-refractivity contribution is 0.256. The summed E-state index contributed by atoms with van der Waals surface area (Å²) in [6.45, 7) is 5.48. The van der Waals surface area contributed by atoms with Gasteiger partial charge in [0.25, 0.3) is 0 Å². The van der Waals surface area contributed by atoms with E-state index in [1.807, 2.05) is 19.2 Å². The van der Waals surface area contributed by atoms with Crippen molar-refractivity contribution in [1.29, 1.82) is 0 Å². The van der Waals surface area contributed by atoms with E-state index < -0.39 is 0 Å². The molecule has 0 amide bonds. The van der Waals surface area contributed by atoms with Gasteiger partial charge in [0.2, 0.25) is 0 Å². The minimum absolute atomic E-state index is 0.180. The summed E-state index contributed by atoms with van der Waals surface area (Å²) in [6, 6.07) is 5.35. The first-order valence-electron chi connectivity index (χ1n) is 6.10. The molecule has 1 heterocycles. The Morgan fingerprint density at radius 3 is 2.95 bits per heavy atom. The van der Waals surface area contributed by atoms with Crippen molar-refractivity contribution in [3.05, 3.63) is 40.9 Å². The number of amidine groups is 1. The van der Waals surface area contributed by atoms with Crippen LogP contribution in [0.15, 0.2) is 35.8 Å². The van der Waals surface area contributed by atoms with Gasteiger partial charge in [0.15, 0.2) is 6.10 Å². The average molecular weight is 299 g/mol. The summed E-state index contributed by atoms with van der Waals surface area (Å²) in [7, 11) is 2.00. The fourth-order valence-corrected chi connectivity index (χ4v) is 2.32. The van der Waals surface area contributed by atoms with E-state index in [2.05, 4.69) is 16.5 Å². The molecular weight excluding hydrogens is 283 g/mol. The van der Waals surface area contributed by atoms with E-state index in [1.165, 1.54) is 0 Å². The zero-order chi connectivity index (χ0) is 13.8. The van der Waals surface area contributed by atoms with Gasteiger partial charge in [-0.15, -0.1) is 6.58 Å². The second kappa shape index (κ2) is 6.31. The molecular formula is C14H16Cl2N2O. The lowest BCUT2D eigenvalue weighted by Crippen LogP contribution is -2.36. The van der Waals surface area contributed by atoms with Crippen molar-refractivity contribution in [3.8, 4) is 5.75 Å². The van der Waals surface area contributed by atoms with Crippen LogP contribution < -0.4 is 4.74 Å². The summed E-state index contributed by atoms with van der Waals surface area (Å²) < 4.78 is 5.96. The van der Waals surface area contributed by atoms with Crippen LogP contribution in [0.2, 0.25) is 10.0 Å². The van der Waals surface area contributed by atoms with Crippen LogP contribution in [-0.4, -0.2) is 37.0 Å². The molecule has 1 aliphatic heterocycles. The summed E-state index contributed by atoms with van der Waals surface area (Å²) in [5.41, 5.74) is 0. The quantitative estimate of drug-likeness (QED) is 0.775. The zero-order valence-electron chi connectivity index (χ0n) is 10.8. The van der Waals surface area contributed by atoms with Gasteiger partial charge < -0.3 is 9.64 Å². The summed E-state index contributed by atoms with van der Waals surface area (Å²) in [6.07, 6.45) is 2.31. The molecule has 0 aliphatic carbocycles. The number of ether oxygens (including phenoxy) is 1. The van der Waals surface area contributed by atoms with Gasteiger partial charge in [-0.1, -0.05) is 35.3 Å². The lowest BCUT2D eigenvalue weighted by Gasteiger charge is -2.24. The molecule has 1 aliphatic rings. The van der Waals surface area contributed by atoms with Gasteiger partial charge in [0.1, 0.15) is 16.6 Å². The maximum absolute atomic E-state index is 6.14. The van der Waals surface area contributed by atoms with E-state index in [-0.39, 0.29) is 6.10 Å². The summed E-state index contributed by atoms with van der Waals surface area (Å²) in [5.74, 6) is 1.50. The van der Waals surface area contributed by atoms with Crippen molar-refractivity contribution in [2.75, 3.05) is 20.1 Å². The predicted octanol–water partition coefficient (Wildman–Crippen LogP) is 3.66. The minimum atomic E-state index is -0.180. The molecule has 2 rings (SSSR count). The number of likely N-dealkylation sites (N-methyl/N-ethyl adjacent to an activating group) is 1. The van der Waals surface area contributed by atoms with Crippen LogP contribution >= 0.6 is 23.2 Å². The van der Waals surface area contributed by atoms with Gasteiger partial charge in [-0.3, -0.25) is 4.99 Å². The third kappa shape index (κ3) is 3.23. The lowest BCUT2D eigenvalue weighted by atomic mass is 10.2. The molecule has 0 N–H and O–H groups in total. The molecule has 5 heteroatoms. The molecule has 0 bridgehead atoms. The topological polar surface area (TPSA) is 24.8 Å². The number of halogens is 2. The number of hydrogen-bond acceptors (Lipinski definition) is 3. The van der Waals surface area contributed by atoms with Gasteiger partial charge >= 0.3 is 0 Å². The summed E-state index contributed by atoms with van der Waals surface area (Å²) >= 11 is 12.1. The highest BCUT2D eigenvalue weighted by Gasteiger charge is 2.24. The van der Waals surface area contributed by atoms with Gasteiger partial charge in [-0.05, 0) is 12.1 Å². The van der Waals surface area contributed by atoms with Crippen LogP contribution in [-0.2, 0) is 0 Å².